The third-order valence-corrected chi connectivity index (χ3v) is 21.9. The Balaban J connectivity index is 2.02. The fraction of sp³-hybridized carbons (Fsp3) is 0.241. The van der Waals surface area contributed by atoms with Crippen LogP contribution in [0, 0.1) is 6.92 Å². The van der Waals surface area contributed by atoms with E-state index in [1.165, 1.54) is 27.5 Å². The molecule has 1 heterocycles. The maximum absolute atomic E-state index is 3.08. The summed E-state index contributed by atoms with van der Waals surface area (Å²) in [5.41, 5.74) is 4.44. The van der Waals surface area contributed by atoms with Crippen LogP contribution in [0.2, 0.25) is 0 Å². The van der Waals surface area contributed by atoms with Crippen LogP contribution in [0.1, 0.15) is 44.4 Å². The Labute approximate surface area is 183 Å². The Kier molecular flexibility index (Phi) is 4.31. The van der Waals surface area contributed by atoms with Crippen LogP contribution < -0.4 is 8.79 Å². The average Bonchev–Trinajstić information content (AvgIpc) is 2.74. The molecule has 0 fully saturated rings. The molecule has 0 bridgehead atoms. The summed E-state index contributed by atoms with van der Waals surface area (Å²) in [7, 11) is 0. The second-order valence-electron chi connectivity index (χ2n) is 9.89. The van der Waals surface area contributed by atoms with Crippen LogP contribution in [-0.4, -0.2) is 13.3 Å². The average molecular weight is 451 g/mol. The van der Waals surface area contributed by atoms with E-state index in [9.17, 15) is 0 Å². The summed E-state index contributed by atoms with van der Waals surface area (Å²) < 4.78 is 3.29. The molecule has 1 aliphatic rings. The van der Waals surface area contributed by atoms with E-state index in [4.69, 9.17) is 0 Å². The number of benzene rings is 4. The molecule has 0 N–H and O–H groups in total. The van der Waals surface area contributed by atoms with E-state index in [-0.39, 0.29) is 8.49 Å². The monoisotopic (exact) mass is 452 g/mol. The molecule has 1 heteroatoms. The van der Waals surface area contributed by atoms with Crippen molar-refractivity contribution in [3.05, 3.63) is 108 Å². The van der Waals surface area contributed by atoms with Crippen molar-refractivity contribution in [1.29, 1.82) is 0 Å². The molecule has 0 unspecified atom stereocenters. The van der Waals surface area contributed by atoms with Gasteiger partial charge in [-0.15, -0.1) is 0 Å². The first-order valence-electron chi connectivity index (χ1n) is 11.0. The van der Waals surface area contributed by atoms with Crippen molar-refractivity contribution in [3.8, 4) is 0 Å². The number of aryl methyl sites for hydroxylation is 1. The Morgan fingerprint density at radius 2 is 1.03 bits per heavy atom. The van der Waals surface area contributed by atoms with Gasteiger partial charge in [-0.1, -0.05) is 0 Å². The summed E-state index contributed by atoms with van der Waals surface area (Å²) in [6.45, 7) is 12.4. The van der Waals surface area contributed by atoms with E-state index in [2.05, 4.69) is 126 Å². The van der Waals surface area contributed by atoms with E-state index in [1.54, 1.807) is 8.79 Å². The van der Waals surface area contributed by atoms with Crippen LogP contribution in [-0.2, 0) is 8.49 Å². The van der Waals surface area contributed by atoms with Gasteiger partial charge in [0.15, 0.2) is 0 Å². The summed E-state index contributed by atoms with van der Waals surface area (Å²) in [5, 5.41) is 2.92. The summed E-state index contributed by atoms with van der Waals surface area (Å²) >= 11 is -3.08. The molecule has 0 saturated heterocycles. The SMILES string of the molecule is Cc1ccc2c3c(cccc13)[C](C)(C)[Ge]([c]1ccccc1)([c]1ccccc1)[C]2(C)C. The van der Waals surface area contributed by atoms with Crippen molar-refractivity contribution in [2.24, 2.45) is 0 Å². The van der Waals surface area contributed by atoms with Gasteiger partial charge >= 0.3 is 184 Å². The van der Waals surface area contributed by atoms with Crippen molar-refractivity contribution >= 4 is 32.8 Å². The summed E-state index contributed by atoms with van der Waals surface area (Å²) in [5.74, 6) is 0. The molecule has 0 saturated carbocycles. The van der Waals surface area contributed by atoms with Crippen molar-refractivity contribution in [2.75, 3.05) is 0 Å². The minimum absolute atomic E-state index is 0.0759. The van der Waals surface area contributed by atoms with Crippen molar-refractivity contribution in [1.82, 2.24) is 0 Å². The van der Waals surface area contributed by atoms with Gasteiger partial charge in [0.25, 0.3) is 0 Å². The van der Waals surface area contributed by atoms with Crippen LogP contribution in [0.25, 0.3) is 10.8 Å². The van der Waals surface area contributed by atoms with Gasteiger partial charge in [0.05, 0.1) is 0 Å². The topological polar surface area (TPSA) is 0 Å². The van der Waals surface area contributed by atoms with Gasteiger partial charge in [0.2, 0.25) is 0 Å². The summed E-state index contributed by atoms with van der Waals surface area (Å²) in [6.07, 6.45) is 0. The molecule has 0 amide bonds. The normalized spacial score (nSPS) is 18.3. The molecule has 5 rings (SSSR count). The summed E-state index contributed by atoms with van der Waals surface area (Å²) in [4.78, 5) is 0. The van der Waals surface area contributed by atoms with Gasteiger partial charge in [-0.2, -0.15) is 0 Å². The Bertz CT molecular complexity index is 1170. The first-order valence-corrected chi connectivity index (χ1v) is 15.2. The van der Waals surface area contributed by atoms with Crippen LogP contribution in [0.15, 0.2) is 91.0 Å². The van der Waals surface area contributed by atoms with E-state index in [0.29, 0.717) is 0 Å². The quantitative estimate of drug-likeness (QED) is 0.325. The zero-order valence-corrected chi connectivity index (χ0v) is 20.8. The molecule has 4 aromatic carbocycles. The van der Waals surface area contributed by atoms with Gasteiger partial charge < -0.3 is 0 Å². The van der Waals surface area contributed by atoms with Crippen LogP contribution >= 0.6 is 0 Å². The molecule has 150 valence electrons. The van der Waals surface area contributed by atoms with Crippen LogP contribution in [0.4, 0.5) is 0 Å². The molecule has 1 aliphatic heterocycles. The van der Waals surface area contributed by atoms with Gasteiger partial charge in [0.1, 0.15) is 0 Å². The van der Waals surface area contributed by atoms with E-state index in [1.807, 2.05) is 0 Å². The fourth-order valence-electron chi connectivity index (χ4n) is 6.77. The second-order valence-corrected chi connectivity index (χ2v) is 20.7. The standard InChI is InChI=1S/C29H30Ge/c1-21-19-20-26-27-24(21)17-12-18-25(27)28(2,3)30(29(26,4)5,22-13-8-6-9-14-22)23-15-10-7-11-16-23/h6-20H,1-5H3. The van der Waals surface area contributed by atoms with E-state index < -0.39 is 13.3 Å². The van der Waals surface area contributed by atoms with Gasteiger partial charge in [-0.25, -0.2) is 0 Å². The van der Waals surface area contributed by atoms with E-state index >= 15 is 0 Å². The van der Waals surface area contributed by atoms with Crippen molar-refractivity contribution in [2.45, 2.75) is 43.1 Å². The number of hydrogen-bond acceptors (Lipinski definition) is 0. The molecule has 0 aliphatic carbocycles. The maximum atomic E-state index is 2.54. The second kappa shape index (κ2) is 6.59. The molecule has 0 atom stereocenters. The van der Waals surface area contributed by atoms with Crippen LogP contribution in [0.3, 0.4) is 0 Å². The Hall–Kier alpha value is -2.32. The van der Waals surface area contributed by atoms with Gasteiger partial charge in [0, 0.05) is 0 Å². The number of hydrogen-bond donors (Lipinski definition) is 0. The first-order chi connectivity index (χ1) is 14.3. The molecule has 0 spiro atoms. The predicted octanol–water partition coefficient (Wildman–Crippen LogP) is 6.06. The molecule has 0 aromatic heterocycles. The van der Waals surface area contributed by atoms with E-state index in [0.717, 1.165) is 0 Å². The predicted molar refractivity (Wildman–Crippen MR) is 133 cm³/mol. The molecule has 4 aromatic rings. The molecule has 30 heavy (non-hydrogen) atoms. The molecular weight excluding hydrogens is 421 g/mol. The first kappa shape index (κ1) is 19.6. The van der Waals surface area contributed by atoms with Crippen LogP contribution in [0.5, 0.6) is 0 Å². The van der Waals surface area contributed by atoms with Gasteiger partial charge in [-0.3, -0.25) is 0 Å². The van der Waals surface area contributed by atoms with Crippen molar-refractivity contribution < 1.29 is 0 Å². The number of rotatable bonds is 2. The molecule has 0 nitrogen and oxygen atoms in total. The Morgan fingerprint density at radius 3 is 1.57 bits per heavy atom. The molecule has 0 radical (unpaired) electrons. The zero-order chi connectivity index (χ0) is 21.1. The molecular formula is C29H30Ge. The third kappa shape index (κ3) is 2.29. The fourth-order valence-corrected chi connectivity index (χ4v) is 22.3. The Morgan fingerprint density at radius 1 is 0.533 bits per heavy atom. The zero-order valence-electron chi connectivity index (χ0n) is 18.7. The van der Waals surface area contributed by atoms with Gasteiger partial charge in [-0.05, 0) is 0 Å². The minimum atomic E-state index is -3.08. The third-order valence-electron chi connectivity index (χ3n) is 7.89. The van der Waals surface area contributed by atoms with Crippen molar-refractivity contribution in [3.63, 3.8) is 0 Å². The summed E-state index contributed by atoms with van der Waals surface area (Å²) in [6, 6.07) is 34.7.